The molecule has 4 rings (SSSR count). The zero-order chi connectivity index (χ0) is 18.9. The number of anilines is 1. The van der Waals surface area contributed by atoms with Crippen molar-refractivity contribution in [3.8, 4) is 6.07 Å². The van der Waals surface area contributed by atoms with Crippen LogP contribution in [0.15, 0.2) is 71.6 Å². The standard InChI is InChI=1S/C21H19N3O2S/c22-16-17-8-10-19(11-9-17)23-12-14-24(15-13-23)27(25,26)21-7-3-5-18-4-1-2-6-20(18)21/h1-11H,12-15H2. The van der Waals surface area contributed by atoms with Gasteiger partial charge in [-0.05, 0) is 35.7 Å². The van der Waals surface area contributed by atoms with Crippen molar-refractivity contribution in [1.82, 2.24) is 4.31 Å². The molecule has 0 spiro atoms. The molecule has 0 unspecified atom stereocenters. The molecule has 1 aliphatic heterocycles. The van der Waals surface area contributed by atoms with Gasteiger partial charge in [-0.2, -0.15) is 9.57 Å². The Morgan fingerprint density at radius 2 is 1.48 bits per heavy atom. The van der Waals surface area contributed by atoms with Crippen LogP contribution in [0, 0.1) is 11.3 Å². The Bertz CT molecular complexity index is 1100. The van der Waals surface area contributed by atoms with Crippen molar-refractivity contribution in [2.45, 2.75) is 4.90 Å². The van der Waals surface area contributed by atoms with Crippen molar-refractivity contribution in [3.63, 3.8) is 0 Å². The predicted molar refractivity (Wildman–Crippen MR) is 106 cm³/mol. The van der Waals surface area contributed by atoms with Gasteiger partial charge in [0.05, 0.1) is 16.5 Å². The molecule has 3 aromatic rings. The summed E-state index contributed by atoms with van der Waals surface area (Å²) in [6.45, 7) is 2.11. The first-order valence-electron chi connectivity index (χ1n) is 8.82. The van der Waals surface area contributed by atoms with E-state index in [1.807, 2.05) is 42.5 Å². The number of benzene rings is 3. The van der Waals surface area contributed by atoms with E-state index >= 15 is 0 Å². The molecule has 5 nitrogen and oxygen atoms in total. The molecule has 0 atom stereocenters. The largest absolute Gasteiger partial charge is 0.369 e. The number of nitriles is 1. The fraction of sp³-hybridized carbons (Fsp3) is 0.190. The van der Waals surface area contributed by atoms with Crippen LogP contribution < -0.4 is 4.90 Å². The zero-order valence-corrected chi connectivity index (χ0v) is 15.6. The maximum atomic E-state index is 13.2. The molecule has 136 valence electrons. The van der Waals surface area contributed by atoms with Crippen LogP contribution in [0.5, 0.6) is 0 Å². The summed E-state index contributed by atoms with van der Waals surface area (Å²) in [7, 11) is -3.54. The Kier molecular flexibility index (Phi) is 4.56. The number of piperazine rings is 1. The van der Waals surface area contributed by atoms with Crippen molar-refractivity contribution in [2.75, 3.05) is 31.1 Å². The monoisotopic (exact) mass is 377 g/mol. The highest BCUT2D eigenvalue weighted by molar-refractivity contribution is 7.89. The average Bonchev–Trinajstić information content (AvgIpc) is 2.73. The maximum Gasteiger partial charge on any atom is 0.243 e. The van der Waals surface area contributed by atoms with E-state index in [0.29, 0.717) is 36.6 Å². The Balaban J connectivity index is 1.55. The van der Waals surface area contributed by atoms with Crippen LogP contribution in [-0.4, -0.2) is 38.9 Å². The molecule has 0 N–H and O–H groups in total. The second kappa shape index (κ2) is 7.03. The van der Waals surface area contributed by atoms with Gasteiger partial charge in [0.1, 0.15) is 0 Å². The van der Waals surface area contributed by atoms with Crippen molar-refractivity contribution < 1.29 is 8.42 Å². The molecule has 27 heavy (non-hydrogen) atoms. The van der Waals surface area contributed by atoms with E-state index in [9.17, 15) is 8.42 Å². The molecule has 0 bridgehead atoms. The van der Waals surface area contributed by atoms with Crippen LogP contribution in [0.3, 0.4) is 0 Å². The summed E-state index contributed by atoms with van der Waals surface area (Å²) in [6, 6.07) is 22.5. The molecular weight excluding hydrogens is 358 g/mol. The number of nitrogens with zero attached hydrogens (tertiary/aromatic N) is 3. The van der Waals surface area contributed by atoms with E-state index in [1.54, 1.807) is 28.6 Å². The maximum absolute atomic E-state index is 13.2. The highest BCUT2D eigenvalue weighted by Crippen LogP contribution is 2.27. The fourth-order valence-corrected chi connectivity index (χ4v) is 5.13. The van der Waals surface area contributed by atoms with Gasteiger partial charge in [0.2, 0.25) is 10.0 Å². The third-order valence-electron chi connectivity index (χ3n) is 4.97. The first-order valence-corrected chi connectivity index (χ1v) is 10.3. The number of rotatable bonds is 3. The molecular formula is C21H19N3O2S. The van der Waals surface area contributed by atoms with E-state index in [2.05, 4.69) is 11.0 Å². The second-order valence-electron chi connectivity index (χ2n) is 6.53. The van der Waals surface area contributed by atoms with E-state index < -0.39 is 10.0 Å². The molecule has 1 saturated heterocycles. The number of hydrogen-bond acceptors (Lipinski definition) is 4. The Labute approximate surface area is 159 Å². The van der Waals surface area contributed by atoms with Gasteiger partial charge in [-0.25, -0.2) is 8.42 Å². The van der Waals surface area contributed by atoms with Crippen LogP contribution in [0.25, 0.3) is 10.8 Å². The molecule has 0 amide bonds. The summed E-state index contributed by atoms with van der Waals surface area (Å²) in [5, 5.41) is 10.6. The van der Waals surface area contributed by atoms with Gasteiger partial charge >= 0.3 is 0 Å². The van der Waals surface area contributed by atoms with Gasteiger partial charge in [-0.15, -0.1) is 0 Å². The molecule has 0 saturated carbocycles. The fourth-order valence-electron chi connectivity index (χ4n) is 3.49. The summed E-state index contributed by atoms with van der Waals surface area (Å²) >= 11 is 0. The van der Waals surface area contributed by atoms with Gasteiger partial charge in [-0.3, -0.25) is 0 Å². The van der Waals surface area contributed by atoms with Crippen molar-refractivity contribution in [2.24, 2.45) is 0 Å². The lowest BCUT2D eigenvalue weighted by molar-refractivity contribution is 0.385. The Morgan fingerprint density at radius 3 is 2.19 bits per heavy atom. The molecule has 3 aromatic carbocycles. The number of hydrogen-bond donors (Lipinski definition) is 0. The van der Waals surface area contributed by atoms with Gasteiger partial charge in [0, 0.05) is 37.3 Å². The average molecular weight is 377 g/mol. The number of sulfonamides is 1. The Morgan fingerprint density at radius 1 is 0.815 bits per heavy atom. The van der Waals surface area contributed by atoms with Crippen molar-refractivity contribution in [3.05, 3.63) is 72.3 Å². The summed E-state index contributed by atoms with van der Waals surface area (Å²) in [5.41, 5.74) is 1.63. The SMILES string of the molecule is N#Cc1ccc(N2CCN(S(=O)(=O)c3cccc4ccccc34)CC2)cc1. The first kappa shape index (κ1) is 17.5. The lowest BCUT2D eigenvalue weighted by Crippen LogP contribution is -2.48. The normalized spacial score (nSPS) is 15.6. The Hall–Kier alpha value is -2.88. The minimum atomic E-state index is -3.54. The quantitative estimate of drug-likeness (QED) is 0.703. The minimum Gasteiger partial charge on any atom is -0.369 e. The summed E-state index contributed by atoms with van der Waals surface area (Å²) in [4.78, 5) is 2.52. The molecule has 1 fully saturated rings. The van der Waals surface area contributed by atoms with Crippen LogP contribution in [0.4, 0.5) is 5.69 Å². The molecule has 0 aliphatic carbocycles. The lowest BCUT2D eigenvalue weighted by atomic mass is 10.1. The predicted octanol–water partition coefficient (Wildman–Crippen LogP) is 3.22. The molecule has 0 aromatic heterocycles. The number of fused-ring (bicyclic) bond motifs is 1. The van der Waals surface area contributed by atoms with Crippen LogP contribution in [0.2, 0.25) is 0 Å². The lowest BCUT2D eigenvalue weighted by Gasteiger charge is -2.35. The molecule has 1 heterocycles. The third-order valence-corrected chi connectivity index (χ3v) is 6.92. The zero-order valence-electron chi connectivity index (χ0n) is 14.7. The van der Waals surface area contributed by atoms with Crippen LogP contribution in [-0.2, 0) is 10.0 Å². The molecule has 6 heteroatoms. The third kappa shape index (κ3) is 3.27. The van der Waals surface area contributed by atoms with Crippen LogP contribution in [0.1, 0.15) is 5.56 Å². The summed E-state index contributed by atoms with van der Waals surface area (Å²) in [5.74, 6) is 0. The van der Waals surface area contributed by atoms with E-state index in [1.165, 1.54) is 0 Å². The highest BCUT2D eigenvalue weighted by Gasteiger charge is 2.29. The molecule has 0 radical (unpaired) electrons. The summed E-state index contributed by atoms with van der Waals surface area (Å²) in [6.07, 6.45) is 0. The van der Waals surface area contributed by atoms with Gasteiger partial charge in [0.15, 0.2) is 0 Å². The topological polar surface area (TPSA) is 64.4 Å². The van der Waals surface area contributed by atoms with E-state index in [-0.39, 0.29) is 0 Å². The van der Waals surface area contributed by atoms with Gasteiger partial charge < -0.3 is 4.90 Å². The van der Waals surface area contributed by atoms with E-state index in [4.69, 9.17) is 5.26 Å². The first-order chi connectivity index (χ1) is 13.1. The van der Waals surface area contributed by atoms with E-state index in [0.717, 1.165) is 16.5 Å². The van der Waals surface area contributed by atoms with Gasteiger partial charge in [0.25, 0.3) is 0 Å². The highest BCUT2D eigenvalue weighted by atomic mass is 32.2. The molecule has 1 aliphatic rings. The smallest absolute Gasteiger partial charge is 0.243 e. The van der Waals surface area contributed by atoms with Crippen molar-refractivity contribution >= 4 is 26.5 Å². The second-order valence-corrected chi connectivity index (χ2v) is 8.43. The van der Waals surface area contributed by atoms with Crippen LogP contribution >= 0.6 is 0 Å². The summed E-state index contributed by atoms with van der Waals surface area (Å²) < 4.78 is 28.0. The van der Waals surface area contributed by atoms with Crippen molar-refractivity contribution in [1.29, 1.82) is 5.26 Å². The minimum absolute atomic E-state index is 0.368. The van der Waals surface area contributed by atoms with Gasteiger partial charge in [-0.1, -0.05) is 36.4 Å².